The van der Waals surface area contributed by atoms with Crippen molar-refractivity contribution in [3.05, 3.63) is 69.9 Å². The molecule has 26 heavy (non-hydrogen) atoms. The fraction of sp³-hybridized carbons (Fsp3) is 0.286. The van der Waals surface area contributed by atoms with Gasteiger partial charge in [-0.3, -0.25) is 0 Å². The number of thiophene rings is 1. The Kier molecular flexibility index (Phi) is 5.18. The van der Waals surface area contributed by atoms with Crippen LogP contribution in [-0.2, 0) is 0 Å². The summed E-state index contributed by atoms with van der Waals surface area (Å²) in [5.41, 5.74) is 5.48. The van der Waals surface area contributed by atoms with Crippen molar-refractivity contribution in [2.45, 2.75) is 40.7 Å². The summed E-state index contributed by atoms with van der Waals surface area (Å²) in [4.78, 5) is 13.8. The van der Waals surface area contributed by atoms with E-state index in [9.17, 15) is 4.79 Å². The number of aryl methyl sites for hydroxylation is 3. The average Bonchev–Trinajstić information content (AvgIpc) is 3.19. The van der Waals surface area contributed by atoms with E-state index in [-0.39, 0.29) is 12.1 Å². The summed E-state index contributed by atoms with van der Waals surface area (Å²) in [5.74, 6) is 0. The molecule has 4 nitrogen and oxygen atoms in total. The van der Waals surface area contributed by atoms with Gasteiger partial charge in [-0.1, -0.05) is 17.7 Å². The second-order valence-corrected chi connectivity index (χ2v) is 7.93. The molecule has 2 heterocycles. The van der Waals surface area contributed by atoms with Gasteiger partial charge < -0.3 is 15.2 Å². The summed E-state index contributed by atoms with van der Waals surface area (Å²) in [6.45, 7) is 10.3. The first kappa shape index (κ1) is 18.3. The van der Waals surface area contributed by atoms with Gasteiger partial charge in [-0.2, -0.15) is 0 Å². The van der Waals surface area contributed by atoms with Crippen molar-refractivity contribution in [1.29, 1.82) is 0 Å². The van der Waals surface area contributed by atoms with Gasteiger partial charge in [0.1, 0.15) is 5.00 Å². The van der Waals surface area contributed by atoms with Crippen molar-refractivity contribution in [3.8, 4) is 5.00 Å². The molecule has 0 radical (unpaired) electrons. The Morgan fingerprint density at radius 1 is 1.12 bits per heavy atom. The maximum absolute atomic E-state index is 12.5. The lowest BCUT2D eigenvalue weighted by Crippen LogP contribution is -2.32. The van der Waals surface area contributed by atoms with Crippen molar-refractivity contribution >= 4 is 23.1 Å². The molecule has 0 saturated carbocycles. The normalized spacial score (nSPS) is 12.0. The predicted octanol–water partition coefficient (Wildman–Crippen LogP) is 5.66. The average molecular weight is 368 g/mol. The minimum absolute atomic E-state index is 0.0943. The standard InChI is InChI=1S/C21H25N3OS/c1-13-8-9-18(14(2)12-13)23-21(25)22-16(4)19-15(3)17(5)26-20(19)24-10-6-7-11-24/h6-12,16H,1-5H3,(H2,22,23,25)/t16-/m0/s1. The highest BCUT2D eigenvalue weighted by molar-refractivity contribution is 7.14. The highest BCUT2D eigenvalue weighted by Crippen LogP contribution is 2.35. The molecule has 2 N–H and O–H groups in total. The number of carbonyl (C=O) groups is 1. The third-order valence-electron chi connectivity index (χ3n) is 4.66. The molecule has 0 spiro atoms. The molecule has 0 bridgehead atoms. The molecular weight excluding hydrogens is 342 g/mol. The number of amides is 2. The minimum Gasteiger partial charge on any atom is -0.331 e. The molecule has 3 aromatic rings. The van der Waals surface area contributed by atoms with E-state index in [1.54, 1.807) is 11.3 Å². The summed E-state index contributed by atoms with van der Waals surface area (Å²) < 4.78 is 2.11. The summed E-state index contributed by atoms with van der Waals surface area (Å²) in [5, 5.41) is 7.21. The molecule has 1 atom stereocenters. The van der Waals surface area contributed by atoms with Crippen LogP contribution >= 0.6 is 11.3 Å². The molecule has 0 aliphatic carbocycles. The van der Waals surface area contributed by atoms with Gasteiger partial charge >= 0.3 is 6.03 Å². The van der Waals surface area contributed by atoms with E-state index in [1.807, 2.05) is 57.4 Å². The number of hydrogen-bond donors (Lipinski definition) is 2. The monoisotopic (exact) mass is 367 g/mol. The maximum Gasteiger partial charge on any atom is 0.319 e. The lowest BCUT2D eigenvalue weighted by atomic mass is 10.1. The van der Waals surface area contributed by atoms with E-state index < -0.39 is 0 Å². The number of anilines is 1. The Balaban J connectivity index is 1.80. The smallest absolute Gasteiger partial charge is 0.319 e. The minimum atomic E-state index is -0.189. The molecule has 136 valence electrons. The van der Waals surface area contributed by atoms with Crippen molar-refractivity contribution in [1.82, 2.24) is 9.88 Å². The number of benzene rings is 1. The molecule has 5 heteroatoms. The number of urea groups is 1. The maximum atomic E-state index is 12.5. The fourth-order valence-corrected chi connectivity index (χ4v) is 4.40. The molecule has 0 unspecified atom stereocenters. The van der Waals surface area contributed by atoms with Crippen molar-refractivity contribution in [2.24, 2.45) is 0 Å². The van der Waals surface area contributed by atoms with E-state index in [0.717, 1.165) is 16.3 Å². The lowest BCUT2D eigenvalue weighted by Gasteiger charge is -2.18. The summed E-state index contributed by atoms with van der Waals surface area (Å²) >= 11 is 1.75. The Labute approximate surface area is 158 Å². The van der Waals surface area contributed by atoms with Gasteiger partial charge in [0.05, 0.1) is 6.04 Å². The van der Waals surface area contributed by atoms with Crippen molar-refractivity contribution in [2.75, 3.05) is 5.32 Å². The van der Waals surface area contributed by atoms with Gasteiger partial charge in [0.2, 0.25) is 0 Å². The zero-order valence-corrected chi connectivity index (χ0v) is 16.7. The summed E-state index contributed by atoms with van der Waals surface area (Å²) in [7, 11) is 0. The molecule has 2 amide bonds. The molecule has 0 aliphatic heterocycles. The van der Waals surface area contributed by atoms with E-state index >= 15 is 0 Å². The van der Waals surface area contributed by atoms with Crippen LogP contribution in [0.5, 0.6) is 0 Å². The fourth-order valence-electron chi connectivity index (χ4n) is 3.18. The Hall–Kier alpha value is -2.53. The highest BCUT2D eigenvalue weighted by Gasteiger charge is 2.21. The zero-order chi connectivity index (χ0) is 18.8. The van der Waals surface area contributed by atoms with Crippen LogP contribution in [0.3, 0.4) is 0 Å². The van der Waals surface area contributed by atoms with Crippen LogP contribution in [-0.4, -0.2) is 10.6 Å². The largest absolute Gasteiger partial charge is 0.331 e. The lowest BCUT2D eigenvalue weighted by molar-refractivity contribution is 0.249. The number of carbonyl (C=O) groups excluding carboxylic acids is 1. The molecule has 1 aromatic carbocycles. The van der Waals surface area contributed by atoms with Crippen LogP contribution in [0.1, 0.15) is 40.1 Å². The van der Waals surface area contributed by atoms with E-state index in [1.165, 1.54) is 21.6 Å². The SMILES string of the molecule is Cc1ccc(NC(=O)N[C@@H](C)c2c(-n3cccc3)sc(C)c2C)c(C)c1. The second kappa shape index (κ2) is 7.38. The summed E-state index contributed by atoms with van der Waals surface area (Å²) in [6, 6.07) is 9.76. The molecule has 0 fully saturated rings. The second-order valence-electron chi connectivity index (χ2n) is 6.73. The number of nitrogens with one attached hydrogen (secondary N) is 2. The first-order chi connectivity index (χ1) is 12.4. The molecular formula is C21H25N3OS. The number of hydrogen-bond acceptors (Lipinski definition) is 2. The van der Waals surface area contributed by atoms with Crippen LogP contribution in [0.15, 0.2) is 42.7 Å². The van der Waals surface area contributed by atoms with Gasteiger partial charge in [-0.05, 0) is 63.9 Å². The number of rotatable bonds is 4. The topological polar surface area (TPSA) is 46.1 Å². The van der Waals surface area contributed by atoms with E-state index in [4.69, 9.17) is 0 Å². The summed E-state index contributed by atoms with van der Waals surface area (Å²) in [6.07, 6.45) is 4.08. The highest BCUT2D eigenvalue weighted by atomic mass is 32.1. The Morgan fingerprint density at radius 2 is 1.81 bits per heavy atom. The quantitative estimate of drug-likeness (QED) is 0.614. The third-order valence-corrected chi connectivity index (χ3v) is 5.90. The van der Waals surface area contributed by atoms with Gasteiger partial charge in [-0.15, -0.1) is 11.3 Å². The number of aromatic nitrogens is 1. The van der Waals surface area contributed by atoms with Crippen LogP contribution in [0.2, 0.25) is 0 Å². The van der Waals surface area contributed by atoms with Gasteiger partial charge in [0.25, 0.3) is 0 Å². The first-order valence-electron chi connectivity index (χ1n) is 8.75. The third kappa shape index (κ3) is 3.68. The Bertz CT molecular complexity index is 925. The van der Waals surface area contributed by atoms with Crippen molar-refractivity contribution < 1.29 is 4.79 Å². The van der Waals surface area contributed by atoms with Gasteiger partial charge in [0.15, 0.2) is 0 Å². The van der Waals surface area contributed by atoms with E-state index in [0.29, 0.717) is 0 Å². The molecule has 2 aromatic heterocycles. The molecule has 0 aliphatic rings. The van der Waals surface area contributed by atoms with E-state index in [2.05, 4.69) is 35.1 Å². The predicted molar refractivity (Wildman–Crippen MR) is 110 cm³/mol. The first-order valence-corrected chi connectivity index (χ1v) is 9.56. The van der Waals surface area contributed by atoms with Crippen LogP contribution < -0.4 is 10.6 Å². The molecule has 0 saturated heterocycles. The van der Waals surface area contributed by atoms with Gasteiger partial charge in [-0.25, -0.2) is 4.79 Å². The van der Waals surface area contributed by atoms with Gasteiger partial charge in [0, 0.05) is 28.5 Å². The van der Waals surface area contributed by atoms with Crippen LogP contribution in [0, 0.1) is 27.7 Å². The zero-order valence-electron chi connectivity index (χ0n) is 15.9. The molecule has 3 rings (SSSR count). The van der Waals surface area contributed by atoms with Crippen LogP contribution in [0.25, 0.3) is 5.00 Å². The van der Waals surface area contributed by atoms with Crippen molar-refractivity contribution in [3.63, 3.8) is 0 Å². The number of nitrogens with zero attached hydrogens (tertiary/aromatic N) is 1. The Morgan fingerprint density at radius 3 is 2.46 bits per heavy atom. The van der Waals surface area contributed by atoms with Crippen LogP contribution in [0.4, 0.5) is 10.5 Å².